The van der Waals surface area contributed by atoms with E-state index in [0.29, 0.717) is 12.5 Å². The average molecular weight is 182 g/mol. The molecule has 0 aliphatic rings. The molecule has 0 fully saturated rings. The summed E-state index contributed by atoms with van der Waals surface area (Å²) in [5, 5.41) is 0. The molecule has 0 saturated heterocycles. The lowest BCUT2D eigenvalue weighted by atomic mass is 10.4. The van der Waals surface area contributed by atoms with Crippen molar-refractivity contribution in [2.24, 2.45) is 0 Å². The van der Waals surface area contributed by atoms with E-state index in [0.717, 1.165) is 5.69 Å². The third kappa shape index (κ3) is 3.38. The van der Waals surface area contributed by atoms with Crippen molar-refractivity contribution in [2.75, 3.05) is 13.7 Å². The van der Waals surface area contributed by atoms with Crippen molar-refractivity contribution in [3.8, 4) is 5.88 Å². The molecule has 0 spiro atoms. The predicted molar refractivity (Wildman–Crippen MR) is 48.7 cm³/mol. The molecule has 4 heteroatoms. The van der Waals surface area contributed by atoms with Crippen LogP contribution in [0.3, 0.4) is 0 Å². The summed E-state index contributed by atoms with van der Waals surface area (Å²) >= 11 is 0. The minimum atomic E-state index is 0.0723. The van der Waals surface area contributed by atoms with Crippen LogP contribution in [-0.4, -0.2) is 29.8 Å². The van der Waals surface area contributed by atoms with Gasteiger partial charge in [-0.1, -0.05) is 0 Å². The topological polar surface area (TPSA) is 44.2 Å². The lowest BCUT2D eigenvalue weighted by Crippen LogP contribution is -2.16. The summed E-state index contributed by atoms with van der Waals surface area (Å²) in [5.74, 6) is 0.537. The van der Waals surface area contributed by atoms with Gasteiger partial charge in [0, 0.05) is 7.11 Å². The number of ether oxygens (including phenoxy) is 2. The molecule has 0 unspecified atom stereocenters. The minimum absolute atomic E-state index is 0.0723. The van der Waals surface area contributed by atoms with Crippen molar-refractivity contribution in [3.63, 3.8) is 0 Å². The zero-order valence-electron chi connectivity index (χ0n) is 8.15. The van der Waals surface area contributed by atoms with Gasteiger partial charge in [-0.05, 0) is 13.8 Å². The maximum Gasteiger partial charge on any atom is 0.232 e. The number of hydrogen-bond donors (Lipinski definition) is 0. The highest BCUT2D eigenvalue weighted by Crippen LogP contribution is 2.03. The number of rotatable bonds is 4. The Hall–Kier alpha value is -1.16. The van der Waals surface area contributed by atoms with E-state index in [-0.39, 0.29) is 6.10 Å². The van der Waals surface area contributed by atoms with Crippen molar-refractivity contribution >= 4 is 0 Å². The van der Waals surface area contributed by atoms with Gasteiger partial charge in [-0.25, -0.2) is 4.98 Å². The fourth-order valence-corrected chi connectivity index (χ4v) is 0.726. The van der Waals surface area contributed by atoms with Gasteiger partial charge in [-0.15, -0.1) is 0 Å². The molecule has 1 rings (SSSR count). The predicted octanol–water partition coefficient (Wildman–Crippen LogP) is 1.20. The number of aryl methyl sites for hydroxylation is 1. The first kappa shape index (κ1) is 9.92. The first-order valence-corrected chi connectivity index (χ1v) is 4.16. The summed E-state index contributed by atoms with van der Waals surface area (Å²) in [4.78, 5) is 8.10. The fourth-order valence-electron chi connectivity index (χ4n) is 0.726. The van der Waals surface area contributed by atoms with Crippen LogP contribution in [0.2, 0.25) is 0 Å². The molecular formula is C9H14N2O2. The molecule has 4 nitrogen and oxygen atoms in total. The maximum absolute atomic E-state index is 5.32. The van der Waals surface area contributed by atoms with Gasteiger partial charge in [0.1, 0.15) is 6.61 Å². The SMILES string of the molecule is CO[C@@H](C)COc1cnc(C)cn1. The normalized spacial score (nSPS) is 12.5. The molecule has 0 aliphatic carbocycles. The molecule has 1 aromatic rings. The molecule has 0 radical (unpaired) electrons. The van der Waals surface area contributed by atoms with Crippen LogP contribution < -0.4 is 4.74 Å². The highest BCUT2D eigenvalue weighted by atomic mass is 16.5. The number of nitrogens with zero attached hydrogens (tertiary/aromatic N) is 2. The molecule has 1 atom stereocenters. The molecule has 0 saturated carbocycles. The Morgan fingerprint density at radius 1 is 1.38 bits per heavy atom. The second kappa shape index (κ2) is 4.77. The van der Waals surface area contributed by atoms with Crippen LogP contribution >= 0.6 is 0 Å². The fraction of sp³-hybridized carbons (Fsp3) is 0.556. The van der Waals surface area contributed by atoms with Crippen LogP contribution in [0.4, 0.5) is 0 Å². The van der Waals surface area contributed by atoms with E-state index in [4.69, 9.17) is 9.47 Å². The van der Waals surface area contributed by atoms with Crippen LogP contribution in [-0.2, 0) is 4.74 Å². The summed E-state index contributed by atoms with van der Waals surface area (Å²) in [6, 6.07) is 0. The molecule has 0 bridgehead atoms. The van der Waals surface area contributed by atoms with E-state index in [1.165, 1.54) is 0 Å². The van der Waals surface area contributed by atoms with E-state index in [1.54, 1.807) is 19.5 Å². The Bertz CT molecular complexity index is 248. The summed E-state index contributed by atoms with van der Waals surface area (Å²) in [7, 11) is 1.65. The quantitative estimate of drug-likeness (QED) is 0.701. The van der Waals surface area contributed by atoms with E-state index >= 15 is 0 Å². The largest absolute Gasteiger partial charge is 0.474 e. The number of aromatic nitrogens is 2. The molecule has 0 amide bonds. The summed E-state index contributed by atoms with van der Waals surface area (Å²) in [6.07, 6.45) is 3.35. The van der Waals surface area contributed by atoms with Gasteiger partial charge in [0.2, 0.25) is 5.88 Å². The lowest BCUT2D eigenvalue weighted by Gasteiger charge is -2.09. The van der Waals surface area contributed by atoms with Gasteiger partial charge >= 0.3 is 0 Å². The Morgan fingerprint density at radius 3 is 2.69 bits per heavy atom. The van der Waals surface area contributed by atoms with Crippen LogP contribution in [0.5, 0.6) is 5.88 Å². The first-order valence-electron chi connectivity index (χ1n) is 4.16. The second-order valence-corrected chi connectivity index (χ2v) is 2.85. The number of hydrogen-bond acceptors (Lipinski definition) is 4. The van der Waals surface area contributed by atoms with E-state index in [9.17, 15) is 0 Å². The van der Waals surface area contributed by atoms with Crippen molar-refractivity contribution in [2.45, 2.75) is 20.0 Å². The van der Waals surface area contributed by atoms with Gasteiger partial charge < -0.3 is 9.47 Å². The Labute approximate surface area is 77.9 Å². The average Bonchev–Trinajstić information content (AvgIpc) is 2.16. The first-order chi connectivity index (χ1) is 6.22. The molecule has 72 valence electrons. The van der Waals surface area contributed by atoms with Gasteiger partial charge in [-0.2, -0.15) is 0 Å². The molecule has 1 heterocycles. The van der Waals surface area contributed by atoms with E-state index < -0.39 is 0 Å². The number of methoxy groups -OCH3 is 1. The molecule has 0 N–H and O–H groups in total. The standard InChI is InChI=1S/C9H14N2O2/c1-7-4-11-9(5-10-7)13-6-8(2)12-3/h4-5,8H,6H2,1-3H3/t8-/m0/s1. The van der Waals surface area contributed by atoms with E-state index in [2.05, 4.69) is 9.97 Å². The highest BCUT2D eigenvalue weighted by molar-refractivity contribution is 5.05. The van der Waals surface area contributed by atoms with Gasteiger partial charge in [0.05, 0.1) is 24.2 Å². The van der Waals surface area contributed by atoms with Gasteiger partial charge in [0.15, 0.2) is 0 Å². The van der Waals surface area contributed by atoms with Crippen molar-refractivity contribution in [3.05, 3.63) is 18.1 Å². The van der Waals surface area contributed by atoms with Crippen molar-refractivity contribution in [1.82, 2.24) is 9.97 Å². The summed E-state index contributed by atoms with van der Waals surface area (Å²) in [5.41, 5.74) is 0.882. The third-order valence-corrected chi connectivity index (χ3v) is 1.63. The molecule has 0 aromatic carbocycles. The molecule has 0 aliphatic heterocycles. The third-order valence-electron chi connectivity index (χ3n) is 1.63. The van der Waals surface area contributed by atoms with Crippen molar-refractivity contribution < 1.29 is 9.47 Å². The van der Waals surface area contributed by atoms with Crippen LogP contribution in [0.25, 0.3) is 0 Å². The van der Waals surface area contributed by atoms with Crippen LogP contribution in [0.1, 0.15) is 12.6 Å². The molecule has 13 heavy (non-hydrogen) atoms. The summed E-state index contributed by atoms with van der Waals surface area (Å²) in [6.45, 7) is 4.31. The van der Waals surface area contributed by atoms with Crippen LogP contribution in [0.15, 0.2) is 12.4 Å². The van der Waals surface area contributed by atoms with Crippen LogP contribution in [0, 0.1) is 6.92 Å². The zero-order valence-corrected chi connectivity index (χ0v) is 8.15. The second-order valence-electron chi connectivity index (χ2n) is 2.85. The van der Waals surface area contributed by atoms with Gasteiger partial charge in [0.25, 0.3) is 0 Å². The Morgan fingerprint density at radius 2 is 2.15 bits per heavy atom. The Kier molecular flexibility index (Phi) is 3.64. The smallest absolute Gasteiger partial charge is 0.232 e. The Balaban J connectivity index is 2.41. The maximum atomic E-state index is 5.32. The summed E-state index contributed by atoms with van der Waals surface area (Å²) < 4.78 is 10.3. The zero-order chi connectivity index (χ0) is 9.68. The minimum Gasteiger partial charge on any atom is -0.474 e. The highest BCUT2D eigenvalue weighted by Gasteiger charge is 2.01. The van der Waals surface area contributed by atoms with E-state index in [1.807, 2.05) is 13.8 Å². The van der Waals surface area contributed by atoms with Crippen molar-refractivity contribution in [1.29, 1.82) is 0 Å². The molecular weight excluding hydrogens is 168 g/mol. The van der Waals surface area contributed by atoms with Gasteiger partial charge in [-0.3, -0.25) is 4.98 Å². The lowest BCUT2D eigenvalue weighted by molar-refractivity contribution is 0.0697. The monoisotopic (exact) mass is 182 g/mol. The molecule has 1 aromatic heterocycles.